The van der Waals surface area contributed by atoms with Crippen LogP contribution in [0.25, 0.3) is 33.6 Å². The number of hydrogen-bond acceptors (Lipinski definition) is 7. The zero-order valence-corrected chi connectivity index (χ0v) is 35.0. The van der Waals surface area contributed by atoms with Gasteiger partial charge in [0, 0.05) is 50.9 Å². The number of benzene rings is 4. The highest BCUT2D eigenvalue weighted by Crippen LogP contribution is 2.50. The minimum atomic E-state index is -0.312. The smallest absolute Gasteiger partial charge is 0.410 e. The number of aromatic amines is 2. The lowest BCUT2D eigenvalue weighted by molar-refractivity contribution is 0.0181. The fourth-order valence-electron chi connectivity index (χ4n) is 10.1. The van der Waals surface area contributed by atoms with Crippen LogP contribution in [-0.4, -0.2) is 76.5 Å². The third kappa shape index (κ3) is 8.39. The highest BCUT2D eigenvalue weighted by atomic mass is 16.6. The van der Waals surface area contributed by atoms with Gasteiger partial charge in [-0.2, -0.15) is 0 Å². The first kappa shape index (κ1) is 39.9. The molecule has 2 spiro atoms. The molecular formula is C51H53N5O6. The van der Waals surface area contributed by atoms with E-state index in [4.69, 9.17) is 23.9 Å². The van der Waals surface area contributed by atoms with E-state index >= 15 is 0 Å². The molecule has 4 saturated heterocycles. The van der Waals surface area contributed by atoms with Crippen LogP contribution in [0.2, 0.25) is 0 Å². The van der Waals surface area contributed by atoms with Gasteiger partial charge in [0.25, 0.3) is 0 Å². The van der Waals surface area contributed by atoms with Crippen molar-refractivity contribution in [3.05, 3.63) is 150 Å². The van der Waals surface area contributed by atoms with E-state index in [1.54, 1.807) is 0 Å². The van der Waals surface area contributed by atoms with Gasteiger partial charge in [0.1, 0.15) is 19.0 Å². The number of likely N-dealkylation sites (tertiary alicyclic amines) is 2. The molecule has 2 atom stereocenters. The average molecular weight is 832 g/mol. The van der Waals surface area contributed by atoms with E-state index in [2.05, 4.69) is 70.6 Å². The van der Waals surface area contributed by atoms with Crippen molar-refractivity contribution in [3.8, 4) is 33.6 Å². The van der Waals surface area contributed by atoms with Crippen molar-refractivity contribution < 1.29 is 28.5 Å². The molecular weight excluding hydrogens is 779 g/mol. The molecule has 4 fully saturated rings. The predicted molar refractivity (Wildman–Crippen MR) is 236 cm³/mol. The molecule has 318 valence electrons. The molecule has 11 nitrogen and oxygen atoms in total. The van der Waals surface area contributed by atoms with Crippen LogP contribution in [0.5, 0.6) is 0 Å². The van der Waals surface area contributed by atoms with E-state index in [0.717, 1.165) is 108 Å². The quantitative estimate of drug-likeness (QED) is 0.149. The Bertz CT molecular complexity index is 2280. The van der Waals surface area contributed by atoms with Gasteiger partial charge in [-0.05, 0) is 94.9 Å². The number of nitrogens with zero attached hydrogens (tertiary/aromatic N) is 3. The van der Waals surface area contributed by atoms with Gasteiger partial charge >= 0.3 is 12.2 Å². The van der Waals surface area contributed by atoms with Crippen molar-refractivity contribution in [1.82, 2.24) is 24.8 Å². The Kier molecular flexibility index (Phi) is 11.1. The Morgan fingerprint density at radius 2 is 1.03 bits per heavy atom. The number of H-pyrrole nitrogens is 2. The molecule has 0 saturated carbocycles. The minimum absolute atomic E-state index is 0.00803. The fourth-order valence-corrected chi connectivity index (χ4v) is 10.1. The molecule has 10 rings (SSSR count). The normalized spacial score (nSPS) is 20.5. The van der Waals surface area contributed by atoms with Gasteiger partial charge < -0.3 is 28.9 Å². The summed E-state index contributed by atoms with van der Waals surface area (Å²) in [5, 5.41) is 0. The summed E-state index contributed by atoms with van der Waals surface area (Å²) in [6.45, 7) is 4.64. The summed E-state index contributed by atoms with van der Waals surface area (Å²) in [5.41, 5.74) is 9.20. The maximum Gasteiger partial charge on any atom is 0.410 e. The van der Waals surface area contributed by atoms with Crippen LogP contribution in [0.15, 0.2) is 128 Å². The summed E-state index contributed by atoms with van der Waals surface area (Å²) in [6.07, 6.45) is 6.69. The number of imidazole rings is 1. The highest BCUT2D eigenvalue weighted by molar-refractivity contribution is 5.73. The third-order valence-electron chi connectivity index (χ3n) is 13.7. The molecule has 0 bridgehead atoms. The topological polar surface area (TPSA) is 122 Å². The second-order valence-corrected chi connectivity index (χ2v) is 17.7. The standard InChI is InChI=1S/C51H53N5O6/c57-48(61-32-36-7-3-1-4-8-36)55-34-50(21-25-59-26-22-50)29-45(55)43-20-19-42(53-43)40-15-11-38(12-16-40)39-13-17-41(18-14-39)44-31-52-47(54-44)46-30-51(23-27-60-28-24-51)35-56(46)49(58)62-33-37-9-5-2-6-10-37/h1-20,31,45-46,53H,21-30,32-35H2,(H,52,54)/t45-,46-/m0/s1. The van der Waals surface area contributed by atoms with Gasteiger partial charge in [0.15, 0.2) is 0 Å². The molecule has 4 aliphatic heterocycles. The van der Waals surface area contributed by atoms with E-state index in [1.807, 2.05) is 76.7 Å². The largest absolute Gasteiger partial charge is 0.445 e. The Morgan fingerprint density at radius 1 is 0.565 bits per heavy atom. The van der Waals surface area contributed by atoms with Crippen LogP contribution in [0.4, 0.5) is 9.59 Å². The SMILES string of the molecule is O=C(OCc1ccccc1)N1CC2(CCOCC2)C[C@H]1c1ccc(-c2ccc(-c3ccc(-c4cnc([C@@H]5CC6(CCOCC6)CN5C(=O)OCc5ccccc5)[nH]4)cc3)cc2)[nH]1. The van der Waals surface area contributed by atoms with Gasteiger partial charge in [-0.15, -0.1) is 0 Å². The number of rotatable bonds is 9. The molecule has 0 radical (unpaired) electrons. The molecule has 62 heavy (non-hydrogen) atoms. The van der Waals surface area contributed by atoms with Crippen LogP contribution in [0.3, 0.4) is 0 Å². The lowest BCUT2D eigenvalue weighted by atomic mass is 9.78. The maximum atomic E-state index is 13.6. The number of carbonyl (C=O) groups is 2. The lowest BCUT2D eigenvalue weighted by Gasteiger charge is -2.32. The first-order valence-electron chi connectivity index (χ1n) is 22.0. The number of amides is 2. The van der Waals surface area contributed by atoms with Gasteiger partial charge in [0.05, 0.1) is 24.0 Å². The van der Waals surface area contributed by atoms with E-state index in [1.165, 1.54) is 0 Å². The molecule has 2 amide bonds. The number of nitrogens with one attached hydrogen (secondary N) is 2. The zero-order valence-electron chi connectivity index (χ0n) is 35.0. The lowest BCUT2D eigenvalue weighted by Crippen LogP contribution is -2.36. The van der Waals surface area contributed by atoms with E-state index < -0.39 is 0 Å². The number of aromatic nitrogens is 3. The molecule has 11 heteroatoms. The van der Waals surface area contributed by atoms with Gasteiger partial charge in [-0.3, -0.25) is 9.80 Å². The first-order valence-corrected chi connectivity index (χ1v) is 22.0. The zero-order chi connectivity index (χ0) is 41.9. The molecule has 4 aliphatic rings. The van der Waals surface area contributed by atoms with E-state index in [0.29, 0.717) is 26.3 Å². The van der Waals surface area contributed by atoms with Crippen LogP contribution in [-0.2, 0) is 32.2 Å². The second kappa shape index (κ2) is 17.3. The third-order valence-corrected chi connectivity index (χ3v) is 13.7. The molecule has 6 heterocycles. The van der Waals surface area contributed by atoms with Crippen molar-refractivity contribution in [3.63, 3.8) is 0 Å². The fraction of sp³-hybridized carbons (Fsp3) is 0.353. The Balaban J connectivity index is 0.812. The average Bonchev–Trinajstić information content (AvgIpc) is 4.15. The van der Waals surface area contributed by atoms with Crippen molar-refractivity contribution in [2.24, 2.45) is 10.8 Å². The number of carbonyl (C=O) groups excluding carboxylic acids is 2. The minimum Gasteiger partial charge on any atom is -0.445 e. The van der Waals surface area contributed by atoms with Crippen molar-refractivity contribution in [1.29, 1.82) is 0 Å². The molecule has 2 N–H and O–H groups in total. The van der Waals surface area contributed by atoms with Crippen LogP contribution >= 0.6 is 0 Å². The molecule has 0 unspecified atom stereocenters. The summed E-state index contributed by atoms with van der Waals surface area (Å²) < 4.78 is 23.1. The van der Waals surface area contributed by atoms with Gasteiger partial charge in [-0.1, -0.05) is 109 Å². The number of ether oxygens (including phenoxy) is 4. The summed E-state index contributed by atoms with van der Waals surface area (Å²) >= 11 is 0. The molecule has 2 aromatic heterocycles. The maximum absolute atomic E-state index is 13.6. The van der Waals surface area contributed by atoms with Crippen molar-refractivity contribution in [2.75, 3.05) is 39.5 Å². The predicted octanol–water partition coefficient (Wildman–Crippen LogP) is 10.5. The van der Waals surface area contributed by atoms with Crippen molar-refractivity contribution >= 4 is 12.2 Å². The Morgan fingerprint density at radius 3 is 1.56 bits per heavy atom. The van der Waals surface area contributed by atoms with Gasteiger partial charge in [0.2, 0.25) is 0 Å². The second-order valence-electron chi connectivity index (χ2n) is 17.7. The van der Waals surface area contributed by atoms with E-state index in [-0.39, 0.29) is 48.3 Å². The van der Waals surface area contributed by atoms with Crippen LogP contribution in [0, 0.1) is 10.8 Å². The van der Waals surface area contributed by atoms with Crippen LogP contribution < -0.4 is 0 Å². The molecule has 0 aliphatic carbocycles. The van der Waals surface area contributed by atoms with E-state index in [9.17, 15) is 9.59 Å². The van der Waals surface area contributed by atoms with Crippen LogP contribution in [0.1, 0.15) is 73.3 Å². The molecule has 4 aromatic carbocycles. The highest BCUT2D eigenvalue weighted by Gasteiger charge is 2.50. The number of hydrogen-bond donors (Lipinski definition) is 2. The summed E-state index contributed by atoms with van der Waals surface area (Å²) in [7, 11) is 0. The first-order chi connectivity index (χ1) is 30.4. The summed E-state index contributed by atoms with van der Waals surface area (Å²) in [6, 6.07) is 40.6. The summed E-state index contributed by atoms with van der Waals surface area (Å²) in [4.78, 5) is 43.1. The molecule has 6 aromatic rings. The Hall–Kier alpha value is -6.17. The Labute approximate surface area is 362 Å². The summed E-state index contributed by atoms with van der Waals surface area (Å²) in [5.74, 6) is 0.777. The monoisotopic (exact) mass is 831 g/mol. The van der Waals surface area contributed by atoms with Gasteiger partial charge in [-0.25, -0.2) is 14.6 Å². The van der Waals surface area contributed by atoms with Crippen molar-refractivity contribution in [2.45, 2.75) is 63.8 Å².